The molecule has 4 heteroatoms. The van der Waals surface area contributed by atoms with Gasteiger partial charge in [-0.2, -0.15) is 0 Å². The molecule has 2 N–H and O–H groups in total. The van der Waals surface area contributed by atoms with E-state index >= 15 is 0 Å². The summed E-state index contributed by atoms with van der Waals surface area (Å²) < 4.78 is 4.90. The molecule has 0 aromatic rings. The highest BCUT2D eigenvalue weighted by Gasteiger charge is 2.06. The van der Waals surface area contributed by atoms with Crippen molar-refractivity contribution in [1.82, 2.24) is 0 Å². The molecule has 0 heterocycles. The second-order valence-electron chi connectivity index (χ2n) is 2.26. The number of hydrogen-bond acceptors (Lipinski definition) is 3. The number of aliphatic hydroxyl groups excluding tert-OH is 1. The van der Waals surface area contributed by atoms with Gasteiger partial charge in [0.2, 0.25) is 0 Å². The van der Waals surface area contributed by atoms with E-state index in [9.17, 15) is 4.79 Å². The molecule has 1 radical (unpaired) electrons. The molecular weight excluding hydrogens is 160 g/mol. The lowest BCUT2D eigenvalue weighted by atomic mass is 10.2. The van der Waals surface area contributed by atoms with Gasteiger partial charge in [0.25, 0.3) is 0 Å². The lowest BCUT2D eigenvalue weighted by molar-refractivity contribution is -0.133. The van der Waals surface area contributed by atoms with Gasteiger partial charge in [0.1, 0.15) is 0 Å². The van der Waals surface area contributed by atoms with Crippen molar-refractivity contribution in [3.8, 4) is 0 Å². The largest absolute Gasteiger partial charge is 0.481 e. The molecule has 0 aromatic carbocycles. The van der Waals surface area contributed by atoms with Gasteiger partial charge in [-0.05, 0) is 6.42 Å². The molecule has 1 unspecified atom stereocenters. The highest BCUT2D eigenvalue weighted by molar-refractivity contribution is 5.76. The number of carboxylic acid groups (broad SMARTS) is 1. The van der Waals surface area contributed by atoms with E-state index in [1.807, 2.05) is 0 Å². The van der Waals surface area contributed by atoms with Crippen molar-refractivity contribution in [2.75, 3.05) is 13.2 Å². The molecule has 0 amide bonds. The fraction of sp³-hybridized carbons (Fsp3) is 0.500. The zero-order valence-electron chi connectivity index (χ0n) is 6.77. The molecule has 0 rings (SSSR count). The summed E-state index contributed by atoms with van der Waals surface area (Å²) in [5, 5.41) is 17.3. The van der Waals surface area contributed by atoms with Crippen LogP contribution in [0.4, 0.5) is 0 Å². The normalized spacial score (nSPS) is 12.4. The zero-order valence-corrected chi connectivity index (χ0v) is 6.77. The number of carbonyl (C=O) groups is 1. The number of aliphatic hydroxyl groups is 1. The molecule has 69 valence electrons. The molecule has 12 heavy (non-hydrogen) atoms. The third kappa shape index (κ3) is 7.24. The van der Waals surface area contributed by atoms with Gasteiger partial charge in [-0.25, -0.2) is 0 Å². The van der Waals surface area contributed by atoms with Gasteiger partial charge in [0.15, 0.2) is 0 Å². The Morgan fingerprint density at radius 2 is 2.33 bits per heavy atom. The van der Waals surface area contributed by atoms with Crippen LogP contribution in [-0.4, -0.2) is 35.5 Å². The fourth-order valence-electron chi connectivity index (χ4n) is 0.592. The van der Waals surface area contributed by atoms with E-state index in [2.05, 4.69) is 6.58 Å². The first-order valence-corrected chi connectivity index (χ1v) is 3.59. The molecule has 0 aliphatic heterocycles. The average Bonchev–Trinajstić information content (AvgIpc) is 2.01. The number of ether oxygens (including phenoxy) is 1. The van der Waals surface area contributed by atoms with E-state index in [1.54, 1.807) is 6.08 Å². The Hall–Kier alpha value is -0.870. The third-order valence-corrected chi connectivity index (χ3v) is 1.11. The monoisotopic (exact) mass is 173 g/mol. The number of rotatable bonds is 7. The van der Waals surface area contributed by atoms with Crippen molar-refractivity contribution < 1.29 is 19.7 Å². The van der Waals surface area contributed by atoms with Crippen molar-refractivity contribution >= 4 is 5.97 Å². The molecule has 0 aromatic heterocycles. The lowest BCUT2D eigenvalue weighted by Crippen LogP contribution is -2.17. The first kappa shape index (κ1) is 11.1. The van der Waals surface area contributed by atoms with E-state index in [4.69, 9.17) is 14.9 Å². The van der Waals surface area contributed by atoms with Gasteiger partial charge < -0.3 is 14.9 Å². The first-order chi connectivity index (χ1) is 5.66. The molecule has 0 saturated carbocycles. The number of carboxylic acids is 1. The second kappa shape index (κ2) is 6.82. The molecule has 0 bridgehead atoms. The Balaban J connectivity index is 3.26. The van der Waals surface area contributed by atoms with Crippen LogP contribution in [0.5, 0.6) is 0 Å². The van der Waals surface area contributed by atoms with Crippen molar-refractivity contribution in [2.45, 2.75) is 12.5 Å². The molecule has 0 aliphatic carbocycles. The summed E-state index contributed by atoms with van der Waals surface area (Å²) in [7, 11) is 0. The maximum Gasteiger partial charge on any atom is 0.307 e. The molecule has 0 fully saturated rings. The van der Waals surface area contributed by atoms with Crippen LogP contribution >= 0.6 is 0 Å². The fourth-order valence-corrected chi connectivity index (χ4v) is 0.592. The smallest absolute Gasteiger partial charge is 0.307 e. The summed E-state index contributed by atoms with van der Waals surface area (Å²) in [4.78, 5) is 10.0. The lowest BCUT2D eigenvalue weighted by Gasteiger charge is -2.07. The molecule has 0 aliphatic rings. The molecule has 1 atom stereocenters. The van der Waals surface area contributed by atoms with Crippen LogP contribution in [0, 0.1) is 6.42 Å². The predicted octanol–water partition coefficient (Wildman–Crippen LogP) is 0.229. The van der Waals surface area contributed by atoms with E-state index < -0.39 is 12.1 Å². The average molecular weight is 173 g/mol. The third-order valence-electron chi connectivity index (χ3n) is 1.11. The van der Waals surface area contributed by atoms with Crippen LogP contribution in [0.3, 0.4) is 0 Å². The standard InChI is InChI=1S/C8H13O4/c1-2-5-12-6-7(9)3-4-8(10)11/h2,4,7,9H,1,3,5-6H2,(H,10,11). The number of hydrogen-bond donors (Lipinski definition) is 2. The first-order valence-electron chi connectivity index (χ1n) is 3.59. The second-order valence-corrected chi connectivity index (χ2v) is 2.26. The van der Waals surface area contributed by atoms with Crippen molar-refractivity contribution in [3.05, 3.63) is 19.1 Å². The van der Waals surface area contributed by atoms with Crippen LogP contribution in [0.15, 0.2) is 12.7 Å². The maximum atomic E-state index is 10.0. The van der Waals surface area contributed by atoms with E-state index in [-0.39, 0.29) is 13.0 Å². The summed E-state index contributed by atoms with van der Waals surface area (Å²) in [6, 6.07) is 0. The van der Waals surface area contributed by atoms with Crippen LogP contribution < -0.4 is 0 Å². The van der Waals surface area contributed by atoms with E-state index in [0.717, 1.165) is 6.42 Å². The highest BCUT2D eigenvalue weighted by Crippen LogP contribution is 1.96. The van der Waals surface area contributed by atoms with E-state index in [0.29, 0.717) is 6.61 Å². The van der Waals surface area contributed by atoms with Gasteiger partial charge in [-0.1, -0.05) is 6.08 Å². The Morgan fingerprint density at radius 3 is 2.83 bits per heavy atom. The van der Waals surface area contributed by atoms with Gasteiger partial charge >= 0.3 is 5.97 Å². The number of aliphatic carboxylic acids is 1. The van der Waals surface area contributed by atoms with Crippen molar-refractivity contribution in [2.24, 2.45) is 0 Å². The van der Waals surface area contributed by atoms with Crippen molar-refractivity contribution in [1.29, 1.82) is 0 Å². The van der Waals surface area contributed by atoms with Crippen LogP contribution in [0.2, 0.25) is 0 Å². The summed E-state index contributed by atoms with van der Waals surface area (Å²) >= 11 is 0. The van der Waals surface area contributed by atoms with Crippen LogP contribution in [-0.2, 0) is 9.53 Å². The topological polar surface area (TPSA) is 66.8 Å². The highest BCUT2D eigenvalue weighted by atomic mass is 16.5. The SMILES string of the molecule is C=CCOCC(O)C[CH]C(=O)O. The van der Waals surface area contributed by atoms with Gasteiger partial charge in [0, 0.05) is 0 Å². The van der Waals surface area contributed by atoms with E-state index in [1.165, 1.54) is 0 Å². The summed E-state index contributed by atoms with van der Waals surface area (Å²) in [6.07, 6.45) is 1.92. The van der Waals surface area contributed by atoms with Crippen LogP contribution in [0.1, 0.15) is 6.42 Å². The van der Waals surface area contributed by atoms with Gasteiger partial charge in [-0.3, -0.25) is 4.79 Å². The zero-order chi connectivity index (χ0) is 9.40. The minimum Gasteiger partial charge on any atom is -0.481 e. The molecule has 4 nitrogen and oxygen atoms in total. The quantitative estimate of drug-likeness (QED) is 0.427. The summed E-state index contributed by atoms with van der Waals surface area (Å²) in [5.41, 5.74) is 0. The molecular formula is C8H13O4. The Bertz CT molecular complexity index is 144. The molecule has 0 spiro atoms. The Morgan fingerprint density at radius 1 is 1.67 bits per heavy atom. The van der Waals surface area contributed by atoms with Gasteiger partial charge in [0.05, 0.1) is 25.7 Å². The Labute approximate surface area is 71.5 Å². The Kier molecular flexibility index (Phi) is 6.32. The minimum atomic E-state index is -1.03. The van der Waals surface area contributed by atoms with Crippen molar-refractivity contribution in [3.63, 3.8) is 0 Å². The van der Waals surface area contributed by atoms with Gasteiger partial charge in [-0.15, -0.1) is 6.58 Å². The maximum absolute atomic E-state index is 10.0. The summed E-state index contributed by atoms with van der Waals surface area (Å²) in [5.74, 6) is -1.03. The van der Waals surface area contributed by atoms with Crippen LogP contribution in [0.25, 0.3) is 0 Å². The predicted molar refractivity (Wildman–Crippen MR) is 43.6 cm³/mol. The molecule has 0 saturated heterocycles. The minimum absolute atomic E-state index is 0.104. The summed E-state index contributed by atoms with van der Waals surface area (Å²) in [6.45, 7) is 3.92.